The minimum Gasteiger partial charge on any atom is -0.508 e. The van der Waals surface area contributed by atoms with Gasteiger partial charge in [-0.3, -0.25) is 9.88 Å². The number of piperidine rings is 1. The number of ether oxygens (including phenoxy) is 1. The minimum absolute atomic E-state index is 0.0175. The van der Waals surface area contributed by atoms with E-state index in [1.165, 1.54) is 24.4 Å². The average Bonchev–Trinajstić information content (AvgIpc) is 3.68. The smallest absolute Gasteiger partial charge is 0.319 e. The highest BCUT2D eigenvalue weighted by molar-refractivity contribution is 6.01. The number of phenolic OH excluding ortho intramolecular Hbond substituents is 1. The zero-order valence-electron chi connectivity index (χ0n) is 26.1. The Hall–Kier alpha value is -3.70. The number of halogens is 3. The molecule has 3 unspecified atom stereocenters. The fourth-order valence-electron chi connectivity index (χ4n) is 8.87. The van der Waals surface area contributed by atoms with E-state index in [0.717, 1.165) is 38.6 Å². The average molecular weight is 634 g/mol. The minimum atomic E-state index is -0.957. The maximum absolute atomic E-state index is 16.9. The second-order valence-electron chi connectivity index (χ2n) is 13.9. The number of rotatable bonds is 6. The molecule has 4 aliphatic heterocycles. The number of anilines is 1. The molecular weight excluding hydrogens is 595 g/mol. The molecule has 0 amide bonds. The summed E-state index contributed by atoms with van der Waals surface area (Å²) in [5, 5.41) is 23.4. The number of phenols is 1. The maximum Gasteiger partial charge on any atom is 0.319 e. The third-order valence-corrected chi connectivity index (χ3v) is 11.1. The number of pyridine rings is 1. The lowest BCUT2D eigenvalue weighted by molar-refractivity contribution is 0.0123. The molecule has 8 nitrogen and oxygen atoms in total. The molecule has 4 aromatic rings. The number of aromatic nitrogens is 3. The van der Waals surface area contributed by atoms with Crippen LogP contribution in [0.4, 0.5) is 19.0 Å². The molecule has 2 N–H and O–H groups in total. The van der Waals surface area contributed by atoms with Gasteiger partial charge in [0.25, 0.3) is 0 Å². The Morgan fingerprint density at radius 3 is 2.78 bits per heavy atom. The first-order chi connectivity index (χ1) is 22.1. The Labute approximate surface area is 265 Å². The number of aryl methyl sites for hydroxylation is 1. The van der Waals surface area contributed by atoms with Gasteiger partial charge in [-0.1, -0.05) is 13.0 Å². The summed E-state index contributed by atoms with van der Waals surface area (Å²) in [6.07, 6.45) is 6.14. The summed E-state index contributed by atoms with van der Waals surface area (Å²) >= 11 is 0. The van der Waals surface area contributed by atoms with Crippen LogP contribution in [0.3, 0.4) is 0 Å². The lowest BCUT2D eigenvalue weighted by Gasteiger charge is -2.44. The molecule has 2 aromatic heterocycles. The number of benzene rings is 2. The lowest BCUT2D eigenvalue weighted by Crippen LogP contribution is -2.54. The van der Waals surface area contributed by atoms with E-state index in [2.05, 4.69) is 19.8 Å². The van der Waals surface area contributed by atoms with Crippen LogP contribution in [0.2, 0.25) is 0 Å². The summed E-state index contributed by atoms with van der Waals surface area (Å²) in [7, 11) is 0. The van der Waals surface area contributed by atoms with E-state index < -0.39 is 28.9 Å². The van der Waals surface area contributed by atoms with Gasteiger partial charge >= 0.3 is 6.01 Å². The molecule has 0 radical (unpaired) electrons. The second kappa shape index (κ2) is 10.7. The molecule has 2 aromatic carbocycles. The Morgan fingerprint density at radius 1 is 1.11 bits per heavy atom. The predicted octanol–water partition coefficient (Wildman–Crippen LogP) is 6.23. The Morgan fingerprint density at radius 2 is 1.96 bits per heavy atom. The van der Waals surface area contributed by atoms with Crippen LogP contribution in [-0.4, -0.2) is 79.2 Å². The highest BCUT2D eigenvalue weighted by Crippen LogP contribution is 2.47. The van der Waals surface area contributed by atoms with E-state index in [9.17, 15) is 19.0 Å². The third-order valence-electron chi connectivity index (χ3n) is 11.1. The summed E-state index contributed by atoms with van der Waals surface area (Å²) in [6.45, 7) is 5.02. The normalized spacial score (nSPS) is 29.3. The summed E-state index contributed by atoms with van der Waals surface area (Å²) < 4.78 is 52.7. The summed E-state index contributed by atoms with van der Waals surface area (Å²) in [4.78, 5) is 18.2. The Bertz CT molecular complexity index is 1870. The molecule has 4 aliphatic rings. The second-order valence-corrected chi connectivity index (χ2v) is 13.9. The number of alkyl halides is 1. The molecule has 5 atom stereocenters. The van der Waals surface area contributed by atoms with Crippen molar-refractivity contribution in [2.45, 2.75) is 94.6 Å². The molecule has 46 heavy (non-hydrogen) atoms. The van der Waals surface area contributed by atoms with Crippen LogP contribution < -0.4 is 9.64 Å². The molecule has 242 valence electrons. The number of fused-ring (bicyclic) bond motifs is 5. The monoisotopic (exact) mass is 633 g/mol. The van der Waals surface area contributed by atoms with Gasteiger partial charge in [-0.15, -0.1) is 0 Å². The van der Waals surface area contributed by atoms with Gasteiger partial charge in [0.1, 0.15) is 41.4 Å². The molecule has 0 saturated carbocycles. The third kappa shape index (κ3) is 4.52. The molecule has 4 saturated heterocycles. The van der Waals surface area contributed by atoms with Crippen LogP contribution in [0, 0.1) is 11.6 Å². The highest BCUT2D eigenvalue weighted by Gasteiger charge is 2.51. The van der Waals surface area contributed by atoms with Gasteiger partial charge in [0.2, 0.25) is 0 Å². The van der Waals surface area contributed by atoms with Gasteiger partial charge in [0.05, 0.1) is 22.6 Å². The summed E-state index contributed by atoms with van der Waals surface area (Å²) in [5.41, 5.74) is -0.840. The van der Waals surface area contributed by atoms with E-state index in [-0.39, 0.29) is 47.2 Å². The Kier molecular flexibility index (Phi) is 6.88. The van der Waals surface area contributed by atoms with Crippen LogP contribution in [-0.2, 0) is 6.42 Å². The molecule has 4 fully saturated rings. The topological polar surface area (TPSA) is 94.8 Å². The van der Waals surface area contributed by atoms with Gasteiger partial charge in [0, 0.05) is 30.8 Å². The van der Waals surface area contributed by atoms with E-state index in [0.29, 0.717) is 53.3 Å². The predicted molar refractivity (Wildman–Crippen MR) is 169 cm³/mol. The maximum atomic E-state index is 16.9. The van der Waals surface area contributed by atoms with Gasteiger partial charge in [-0.05, 0) is 92.9 Å². The molecule has 0 spiro atoms. The van der Waals surface area contributed by atoms with Gasteiger partial charge in [-0.25, -0.2) is 13.2 Å². The highest BCUT2D eigenvalue weighted by atomic mass is 19.1. The van der Waals surface area contributed by atoms with E-state index in [4.69, 9.17) is 9.72 Å². The van der Waals surface area contributed by atoms with Crippen LogP contribution in [0.15, 0.2) is 30.5 Å². The quantitative estimate of drug-likeness (QED) is 0.258. The number of nitrogens with zero attached hydrogens (tertiary/aromatic N) is 5. The van der Waals surface area contributed by atoms with Crippen molar-refractivity contribution in [1.29, 1.82) is 0 Å². The fourth-order valence-corrected chi connectivity index (χ4v) is 8.87. The standard InChI is InChI=1S/C35H38F3N5O3/c1-3-23-26(37)7-5-19-13-22(44)14-24(28(19)23)30-29(38)31-25(16-39-30)32(43-21-6-8-27(43)34(2,45)11-9-21)41-33(40-31)46-18-35-10-4-12-42(35)17-20(36)15-35/h5,7,13-14,16,20-21,27,44-45H,3-4,6,8-12,15,17-18H2,1-2H3/t20-,21?,27?,34?,35+/m1/s1. The van der Waals surface area contributed by atoms with Crippen molar-refractivity contribution < 1.29 is 28.1 Å². The zero-order valence-corrected chi connectivity index (χ0v) is 26.1. The van der Waals surface area contributed by atoms with Crippen molar-refractivity contribution in [2.75, 3.05) is 24.6 Å². The first kappa shape index (κ1) is 29.7. The lowest BCUT2D eigenvalue weighted by atomic mass is 9.87. The molecule has 6 heterocycles. The largest absolute Gasteiger partial charge is 0.508 e. The summed E-state index contributed by atoms with van der Waals surface area (Å²) in [6, 6.07) is 5.70. The zero-order chi connectivity index (χ0) is 32.0. The molecule has 8 rings (SSSR count). The van der Waals surface area contributed by atoms with Crippen LogP contribution in [0.1, 0.15) is 64.4 Å². The van der Waals surface area contributed by atoms with Crippen LogP contribution in [0.5, 0.6) is 11.8 Å². The van der Waals surface area contributed by atoms with E-state index >= 15 is 4.39 Å². The van der Waals surface area contributed by atoms with E-state index in [1.807, 2.05) is 13.8 Å². The number of aromatic hydroxyl groups is 1. The van der Waals surface area contributed by atoms with Gasteiger partial charge < -0.3 is 19.8 Å². The Balaban J connectivity index is 1.30. The fraction of sp³-hybridized carbons (Fsp3) is 0.514. The van der Waals surface area contributed by atoms with Crippen molar-refractivity contribution in [3.63, 3.8) is 0 Å². The van der Waals surface area contributed by atoms with Crippen LogP contribution in [0.25, 0.3) is 32.9 Å². The van der Waals surface area contributed by atoms with Gasteiger partial charge in [-0.2, -0.15) is 9.97 Å². The van der Waals surface area contributed by atoms with Crippen molar-refractivity contribution in [1.82, 2.24) is 19.9 Å². The first-order valence-electron chi connectivity index (χ1n) is 16.4. The van der Waals surface area contributed by atoms with Crippen LogP contribution >= 0.6 is 0 Å². The first-order valence-corrected chi connectivity index (χ1v) is 16.4. The number of aliphatic hydroxyl groups is 1. The molecule has 11 heteroatoms. The number of hydrogen-bond donors (Lipinski definition) is 2. The van der Waals surface area contributed by atoms with Crippen molar-refractivity contribution in [3.8, 4) is 23.0 Å². The van der Waals surface area contributed by atoms with Gasteiger partial charge in [0.15, 0.2) is 5.82 Å². The summed E-state index contributed by atoms with van der Waals surface area (Å²) in [5.74, 6) is -0.813. The van der Waals surface area contributed by atoms with Crippen molar-refractivity contribution in [3.05, 3.63) is 47.7 Å². The SMILES string of the molecule is CCc1c(F)ccc2cc(O)cc(-c3ncc4c(N5C6CCC5C(C)(O)CC6)nc(OC[C@@]56CCCN5C[C@H](F)C6)nc4c3F)c12. The molecule has 2 bridgehead atoms. The van der Waals surface area contributed by atoms with Crippen molar-refractivity contribution >= 4 is 27.5 Å². The van der Waals surface area contributed by atoms with Crippen molar-refractivity contribution in [2.24, 2.45) is 0 Å². The van der Waals surface area contributed by atoms with E-state index in [1.54, 1.807) is 6.07 Å². The molecule has 0 aliphatic carbocycles. The molecular formula is C35H38F3N5O3. The number of hydrogen-bond acceptors (Lipinski definition) is 8.